The molecular weight excluding hydrogens is 254 g/mol. The fourth-order valence-electron chi connectivity index (χ4n) is 3.11. The minimum atomic E-state index is 0.651. The second-order valence-electron chi connectivity index (χ2n) is 6.67. The molecule has 1 fully saturated rings. The Labute approximate surface area is 132 Å². The normalized spacial score (nSPS) is 20.0. The number of likely N-dealkylation sites (N-methyl/N-ethyl adjacent to an activating group) is 1. The van der Waals surface area contributed by atoms with Gasteiger partial charge >= 0.3 is 0 Å². The summed E-state index contributed by atoms with van der Waals surface area (Å²) in [6, 6.07) is 0. The van der Waals surface area contributed by atoms with E-state index in [0.717, 1.165) is 18.4 Å². The molecule has 0 radical (unpaired) electrons. The maximum Gasteiger partial charge on any atom is 0.0167 e. The van der Waals surface area contributed by atoms with Gasteiger partial charge in [0, 0.05) is 6.54 Å². The van der Waals surface area contributed by atoms with Crippen LogP contribution in [0.3, 0.4) is 0 Å². The SMILES string of the molecule is C/C=C\C=C(/CNC)C(C)CC(CC1CC1)/C(C)=C/CC. The van der Waals surface area contributed by atoms with Crippen molar-refractivity contribution >= 4 is 0 Å². The molecule has 21 heavy (non-hydrogen) atoms. The van der Waals surface area contributed by atoms with Crippen molar-refractivity contribution in [3.63, 3.8) is 0 Å². The first-order chi connectivity index (χ1) is 10.1. The average Bonchev–Trinajstić information content (AvgIpc) is 3.26. The molecule has 0 aromatic carbocycles. The topological polar surface area (TPSA) is 12.0 Å². The third-order valence-corrected chi connectivity index (χ3v) is 4.64. The lowest BCUT2D eigenvalue weighted by atomic mass is 9.82. The molecule has 1 saturated carbocycles. The smallest absolute Gasteiger partial charge is 0.0167 e. The largest absolute Gasteiger partial charge is 0.316 e. The van der Waals surface area contributed by atoms with Crippen LogP contribution in [0, 0.1) is 17.8 Å². The fraction of sp³-hybridized carbons (Fsp3) is 0.700. The van der Waals surface area contributed by atoms with Gasteiger partial charge in [0.1, 0.15) is 0 Å². The van der Waals surface area contributed by atoms with Crippen LogP contribution in [0.15, 0.2) is 35.5 Å². The lowest BCUT2D eigenvalue weighted by molar-refractivity contribution is 0.422. The first kappa shape index (κ1) is 18.2. The summed E-state index contributed by atoms with van der Waals surface area (Å²) in [5, 5.41) is 3.32. The molecule has 2 atom stereocenters. The Morgan fingerprint density at radius 1 is 1.33 bits per heavy atom. The van der Waals surface area contributed by atoms with Gasteiger partial charge < -0.3 is 5.32 Å². The second-order valence-corrected chi connectivity index (χ2v) is 6.67. The maximum absolute atomic E-state index is 3.32. The molecule has 0 saturated heterocycles. The summed E-state index contributed by atoms with van der Waals surface area (Å²) in [5.74, 6) is 2.44. The highest BCUT2D eigenvalue weighted by Crippen LogP contribution is 2.40. The summed E-state index contributed by atoms with van der Waals surface area (Å²) in [6.07, 6.45) is 15.8. The van der Waals surface area contributed by atoms with Crippen LogP contribution in [-0.2, 0) is 0 Å². The van der Waals surface area contributed by atoms with Gasteiger partial charge in [-0.3, -0.25) is 0 Å². The van der Waals surface area contributed by atoms with Crippen molar-refractivity contribution in [1.82, 2.24) is 5.32 Å². The average molecular weight is 290 g/mol. The minimum absolute atomic E-state index is 0.651. The summed E-state index contributed by atoms with van der Waals surface area (Å²) in [5.41, 5.74) is 3.15. The fourth-order valence-corrected chi connectivity index (χ4v) is 3.11. The number of nitrogens with one attached hydrogen (secondary N) is 1. The standard InChI is InChI=1S/C20H35N/c1-6-8-10-19(15-21-5)17(4)13-20(14-18-11-12-18)16(3)9-7-2/h6,8-10,17-18,20-21H,7,11-15H2,1-5H3/b8-6-,16-9+,19-10+. The van der Waals surface area contributed by atoms with Crippen molar-refractivity contribution in [2.45, 2.75) is 59.8 Å². The first-order valence-electron chi connectivity index (χ1n) is 8.75. The summed E-state index contributed by atoms with van der Waals surface area (Å²) in [7, 11) is 2.04. The Balaban J connectivity index is 2.71. The van der Waals surface area contributed by atoms with E-state index in [2.05, 4.69) is 57.3 Å². The summed E-state index contributed by atoms with van der Waals surface area (Å²) < 4.78 is 0. The van der Waals surface area contributed by atoms with Crippen molar-refractivity contribution in [2.75, 3.05) is 13.6 Å². The van der Waals surface area contributed by atoms with Crippen LogP contribution in [0.5, 0.6) is 0 Å². The molecule has 1 N–H and O–H groups in total. The molecule has 0 bridgehead atoms. The molecule has 0 aromatic heterocycles. The van der Waals surface area contributed by atoms with Crippen LogP contribution in [0.25, 0.3) is 0 Å². The Morgan fingerprint density at radius 3 is 2.57 bits per heavy atom. The van der Waals surface area contributed by atoms with E-state index in [-0.39, 0.29) is 0 Å². The number of allylic oxidation sites excluding steroid dienone is 5. The third kappa shape index (κ3) is 7.13. The zero-order chi connectivity index (χ0) is 15.7. The molecule has 0 spiro atoms. The lowest BCUT2D eigenvalue weighted by Gasteiger charge is -2.24. The molecule has 0 aromatic rings. The van der Waals surface area contributed by atoms with Crippen LogP contribution in [-0.4, -0.2) is 13.6 Å². The molecule has 1 heteroatoms. The van der Waals surface area contributed by atoms with Crippen molar-refractivity contribution in [3.05, 3.63) is 35.5 Å². The highest BCUT2D eigenvalue weighted by Gasteiger charge is 2.27. The summed E-state index contributed by atoms with van der Waals surface area (Å²) >= 11 is 0. The van der Waals surface area contributed by atoms with E-state index in [0.29, 0.717) is 5.92 Å². The van der Waals surface area contributed by atoms with Crippen molar-refractivity contribution in [2.24, 2.45) is 17.8 Å². The van der Waals surface area contributed by atoms with Crippen LogP contribution >= 0.6 is 0 Å². The van der Waals surface area contributed by atoms with E-state index in [1.807, 2.05) is 7.05 Å². The van der Waals surface area contributed by atoms with Gasteiger partial charge in [-0.15, -0.1) is 0 Å². The summed E-state index contributed by atoms with van der Waals surface area (Å²) in [4.78, 5) is 0. The first-order valence-corrected chi connectivity index (χ1v) is 8.75. The van der Waals surface area contributed by atoms with Crippen LogP contribution in [0.1, 0.15) is 59.8 Å². The quantitative estimate of drug-likeness (QED) is 0.413. The highest BCUT2D eigenvalue weighted by molar-refractivity contribution is 5.17. The number of hydrogen-bond donors (Lipinski definition) is 1. The number of hydrogen-bond acceptors (Lipinski definition) is 1. The minimum Gasteiger partial charge on any atom is -0.316 e. The van der Waals surface area contributed by atoms with E-state index in [4.69, 9.17) is 0 Å². The molecule has 1 aliphatic carbocycles. The Bertz CT molecular complexity index is 371. The lowest BCUT2D eigenvalue weighted by Crippen LogP contribution is -2.18. The van der Waals surface area contributed by atoms with E-state index >= 15 is 0 Å². The maximum atomic E-state index is 3.32. The third-order valence-electron chi connectivity index (χ3n) is 4.64. The van der Waals surface area contributed by atoms with Crippen LogP contribution < -0.4 is 5.32 Å². The number of rotatable bonds is 10. The molecular formula is C20H35N. The molecule has 2 unspecified atom stereocenters. The molecule has 0 aliphatic heterocycles. The molecule has 1 nitrogen and oxygen atoms in total. The molecule has 0 amide bonds. The van der Waals surface area contributed by atoms with Crippen molar-refractivity contribution in [1.29, 1.82) is 0 Å². The van der Waals surface area contributed by atoms with Gasteiger partial charge in [-0.25, -0.2) is 0 Å². The zero-order valence-corrected chi connectivity index (χ0v) is 14.8. The van der Waals surface area contributed by atoms with Gasteiger partial charge in [-0.2, -0.15) is 0 Å². The summed E-state index contributed by atoms with van der Waals surface area (Å²) in [6.45, 7) is 10.1. The van der Waals surface area contributed by atoms with E-state index in [1.165, 1.54) is 37.7 Å². The Kier molecular flexibility index (Phi) is 8.68. The predicted molar refractivity (Wildman–Crippen MR) is 95.5 cm³/mol. The van der Waals surface area contributed by atoms with Gasteiger partial charge in [-0.1, -0.05) is 62.1 Å². The highest BCUT2D eigenvalue weighted by atomic mass is 14.8. The van der Waals surface area contributed by atoms with Gasteiger partial charge in [0.25, 0.3) is 0 Å². The second kappa shape index (κ2) is 10.00. The molecule has 1 aliphatic rings. The van der Waals surface area contributed by atoms with Gasteiger partial charge in [0.15, 0.2) is 0 Å². The Morgan fingerprint density at radius 2 is 2.05 bits per heavy atom. The monoisotopic (exact) mass is 289 g/mol. The molecule has 120 valence electrons. The van der Waals surface area contributed by atoms with E-state index in [9.17, 15) is 0 Å². The molecule has 0 heterocycles. The van der Waals surface area contributed by atoms with Gasteiger partial charge in [0.2, 0.25) is 0 Å². The van der Waals surface area contributed by atoms with Crippen LogP contribution in [0.4, 0.5) is 0 Å². The van der Waals surface area contributed by atoms with E-state index < -0.39 is 0 Å². The van der Waals surface area contributed by atoms with Gasteiger partial charge in [-0.05, 0) is 57.9 Å². The van der Waals surface area contributed by atoms with Crippen molar-refractivity contribution < 1.29 is 0 Å². The van der Waals surface area contributed by atoms with E-state index in [1.54, 1.807) is 5.57 Å². The zero-order valence-electron chi connectivity index (χ0n) is 14.8. The Hall–Kier alpha value is -0.820. The van der Waals surface area contributed by atoms with Crippen molar-refractivity contribution in [3.8, 4) is 0 Å². The predicted octanol–water partition coefficient (Wildman–Crippen LogP) is 5.51. The van der Waals surface area contributed by atoms with Gasteiger partial charge in [0.05, 0.1) is 0 Å². The molecule has 1 rings (SSSR count). The van der Waals surface area contributed by atoms with Crippen LogP contribution in [0.2, 0.25) is 0 Å².